The number of benzene rings is 2. The van der Waals surface area contributed by atoms with Crippen molar-refractivity contribution in [1.29, 1.82) is 0 Å². The van der Waals surface area contributed by atoms with Crippen molar-refractivity contribution in [3.63, 3.8) is 0 Å². The summed E-state index contributed by atoms with van der Waals surface area (Å²) in [5.41, 5.74) is 3.22. The molecule has 3 aromatic rings. The number of aromatic nitrogens is 1. The highest BCUT2D eigenvalue weighted by Gasteiger charge is 2.34. The zero-order valence-electron chi connectivity index (χ0n) is 15.4. The highest BCUT2D eigenvalue weighted by Crippen LogP contribution is 2.25. The molecule has 1 fully saturated rings. The Hall–Kier alpha value is -3.22. The van der Waals surface area contributed by atoms with Gasteiger partial charge in [-0.15, -0.1) is 0 Å². The largest absolute Gasteiger partial charge is 0.321 e. The first-order valence-corrected chi connectivity index (χ1v) is 9.64. The van der Waals surface area contributed by atoms with Crippen molar-refractivity contribution in [2.75, 3.05) is 4.90 Å². The number of thiocarbonyl (C=S) groups is 1. The van der Waals surface area contributed by atoms with Crippen LogP contribution in [0.2, 0.25) is 5.02 Å². The zero-order chi connectivity index (χ0) is 20.5. The fourth-order valence-electron chi connectivity index (χ4n) is 3.22. The maximum atomic E-state index is 13.1. The summed E-state index contributed by atoms with van der Waals surface area (Å²) in [5, 5.41) is 3.07. The molecule has 1 saturated heterocycles. The smallest absolute Gasteiger partial charge is 0.270 e. The molecule has 29 heavy (non-hydrogen) atoms. The van der Waals surface area contributed by atoms with E-state index in [4.69, 9.17) is 23.8 Å². The summed E-state index contributed by atoms with van der Waals surface area (Å²) in [7, 11) is 0. The third-order valence-corrected chi connectivity index (χ3v) is 5.07. The Morgan fingerprint density at radius 3 is 2.45 bits per heavy atom. The third kappa shape index (κ3) is 3.72. The summed E-state index contributed by atoms with van der Waals surface area (Å²) in [6.07, 6.45) is 3.46. The molecule has 0 radical (unpaired) electrons. The lowest BCUT2D eigenvalue weighted by Crippen LogP contribution is -2.54. The highest BCUT2D eigenvalue weighted by atomic mass is 35.5. The van der Waals surface area contributed by atoms with Crippen molar-refractivity contribution in [1.82, 2.24) is 9.88 Å². The van der Waals surface area contributed by atoms with E-state index in [0.717, 1.165) is 16.9 Å². The summed E-state index contributed by atoms with van der Waals surface area (Å²) >= 11 is 11.3. The molecule has 0 aliphatic carbocycles. The lowest BCUT2D eigenvalue weighted by molar-refractivity contribution is -0.122. The molecule has 0 spiro atoms. The number of carbonyl (C=O) groups excluding carboxylic acids is 2. The second-order valence-electron chi connectivity index (χ2n) is 6.56. The van der Waals surface area contributed by atoms with E-state index in [-0.39, 0.29) is 10.7 Å². The molecule has 0 unspecified atom stereocenters. The number of anilines is 1. The molecule has 0 saturated carbocycles. The first kappa shape index (κ1) is 19.1. The number of carbonyl (C=O) groups is 2. The molecule has 144 valence electrons. The third-order valence-electron chi connectivity index (χ3n) is 4.55. The number of hydrogen-bond acceptors (Lipinski definition) is 3. The molecule has 1 aromatic heterocycles. The molecule has 1 aliphatic rings. The molecule has 1 N–H and O–H groups in total. The van der Waals surface area contributed by atoms with Gasteiger partial charge in [-0.3, -0.25) is 19.8 Å². The molecule has 2 heterocycles. The molecule has 2 amide bonds. The van der Waals surface area contributed by atoms with Gasteiger partial charge < -0.3 is 4.57 Å². The summed E-state index contributed by atoms with van der Waals surface area (Å²) in [6, 6.07) is 18.5. The number of amides is 2. The van der Waals surface area contributed by atoms with Gasteiger partial charge in [0, 0.05) is 22.6 Å². The lowest BCUT2D eigenvalue weighted by Gasteiger charge is -2.28. The van der Waals surface area contributed by atoms with E-state index in [9.17, 15) is 9.59 Å². The Labute approximate surface area is 178 Å². The van der Waals surface area contributed by atoms with Crippen molar-refractivity contribution >= 4 is 52.5 Å². The molecule has 5 nitrogen and oxygen atoms in total. The fraction of sp³-hybridized carbons (Fsp3) is 0.0455. The van der Waals surface area contributed by atoms with Crippen LogP contribution in [0.25, 0.3) is 11.8 Å². The summed E-state index contributed by atoms with van der Waals surface area (Å²) in [4.78, 5) is 26.8. The lowest BCUT2D eigenvalue weighted by atomic mass is 10.1. The summed E-state index contributed by atoms with van der Waals surface area (Å²) in [5.74, 6) is -1.02. The van der Waals surface area contributed by atoms with Crippen molar-refractivity contribution < 1.29 is 9.59 Å². The van der Waals surface area contributed by atoms with Gasteiger partial charge in [-0.1, -0.05) is 35.9 Å². The van der Waals surface area contributed by atoms with E-state index in [1.54, 1.807) is 30.3 Å². The number of nitrogens with zero attached hydrogens (tertiary/aromatic N) is 2. The van der Waals surface area contributed by atoms with Crippen LogP contribution in [0.1, 0.15) is 11.3 Å². The van der Waals surface area contributed by atoms with E-state index in [1.807, 2.05) is 54.1 Å². The number of nitrogens with one attached hydrogen (secondary N) is 1. The van der Waals surface area contributed by atoms with E-state index >= 15 is 0 Å². The minimum Gasteiger partial charge on any atom is -0.321 e. The number of aryl methyl sites for hydroxylation is 1. The van der Waals surface area contributed by atoms with Gasteiger partial charge in [-0.25, -0.2) is 0 Å². The second-order valence-corrected chi connectivity index (χ2v) is 7.38. The van der Waals surface area contributed by atoms with E-state index < -0.39 is 11.8 Å². The molecule has 1 aliphatic heterocycles. The van der Waals surface area contributed by atoms with Crippen LogP contribution in [-0.4, -0.2) is 21.5 Å². The Kier molecular flexibility index (Phi) is 5.05. The van der Waals surface area contributed by atoms with Gasteiger partial charge in [0.05, 0.1) is 5.69 Å². The number of hydrogen-bond donors (Lipinski definition) is 1. The van der Waals surface area contributed by atoms with Crippen LogP contribution in [-0.2, 0) is 9.59 Å². The standard InChI is InChI=1S/C22H16ClN3O2S/c1-14-10-15(13-25(14)17-7-3-2-4-8-17)11-19-20(27)24-22(29)26(21(19)28)18-9-5-6-16(23)12-18/h2-13H,1H3,(H,24,27,29)/b19-11-. The van der Waals surface area contributed by atoms with Crippen LogP contribution in [0.15, 0.2) is 72.4 Å². The maximum Gasteiger partial charge on any atom is 0.270 e. The monoisotopic (exact) mass is 421 g/mol. The molecule has 4 rings (SSSR count). The summed E-state index contributed by atoms with van der Waals surface area (Å²) in [6.45, 7) is 1.96. The van der Waals surface area contributed by atoms with Crippen LogP contribution in [0.3, 0.4) is 0 Å². The van der Waals surface area contributed by atoms with Gasteiger partial charge in [-0.2, -0.15) is 0 Å². The normalized spacial score (nSPS) is 15.7. The van der Waals surface area contributed by atoms with Crippen LogP contribution >= 0.6 is 23.8 Å². The van der Waals surface area contributed by atoms with Gasteiger partial charge in [0.1, 0.15) is 5.57 Å². The average molecular weight is 422 g/mol. The van der Waals surface area contributed by atoms with Gasteiger partial charge >= 0.3 is 0 Å². The van der Waals surface area contributed by atoms with Crippen molar-refractivity contribution in [2.24, 2.45) is 0 Å². The van der Waals surface area contributed by atoms with Crippen LogP contribution in [0.5, 0.6) is 0 Å². The highest BCUT2D eigenvalue weighted by molar-refractivity contribution is 7.80. The Balaban J connectivity index is 1.72. The number of halogens is 1. The zero-order valence-corrected chi connectivity index (χ0v) is 17.0. The molecule has 7 heteroatoms. The molecular weight excluding hydrogens is 406 g/mol. The Morgan fingerprint density at radius 1 is 1.00 bits per heavy atom. The molecule has 2 aromatic carbocycles. The van der Waals surface area contributed by atoms with E-state index in [2.05, 4.69) is 5.32 Å². The minimum absolute atomic E-state index is 0.00351. The Morgan fingerprint density at radius 2 is 1.72 bits per heavy atom. The van der Waals surface area contributed by atoms with Crippen LogP contribution < -0.4 is 10.2 Å². The van der Waals surface area contributed by atoms with E-state index in [1.165, 1.54) is 4.90 Å². The van der Waals surface area contributed by atoms with Crippen LogP contribution in [0, 0.1) is 6.92 Å². The predicted molar refractivity (Wildman–Crippen MR) is 118 cm³/mol. The Bertz CT molecular complexity index is 1170. The number of para-hydroxylation sites is 1. The average Bonchev–Trinajstić information content (AvgIpc) is 3.06. The maximum absolute atomic E-state index is 13.1. The number of rotatable bonds is 3. The van der Waals surface area contributed by atoms with Gasteiger partial charge in [0.15, 0.2) is 5.11 Å². The molecule has 0 bridgehead atoms. The molecular formula is C22H16ClN3O2S. The van der Waals surface area contributed by atoms with Gasteiger partial charge in [-0.05, 0) is 67.2 Å². The SMILES string of the molecule is Cc1cc(/C=C2/C(=O)NC(=S)N(c3cccc(Cl)c3)C2=O)cn1-c1ccccc1. The topological polar surface area (TPSA) is 54.3 Å². The van der Waals surface area contributed by atoms with Crippen molar-refractivity contribution in [3.05, 3.63) is 88.7 Å². The van der Waals surface area contributed by atoms with Crippen molar-refractivity contribution in [3.8, 4) is 5.69 Å². The minimum atomic E-state index is -0.525. The predicted octanol–water partition coefficient (Wildman–Crippen LogP) is 4.27. The second kappa shape index (κ2) is 7.66. The van der Waals surface area contributed by atoms with Crippen LogP contribution in [0.4, 0.5) is 5.69 Å². The van der Waals surface area contributed by atoms with E-state index in [0.29, 0.717) is 10.7 Å². The first-order valence-electron chi connectivity index (χ1n) is 8.85. The van der Waals surface area contributed by atoms with Gasteiger partial charge in [0.25, 0.3) is 11.8 Å². The van der Waals surface area contributed by atoms with Gasteiger partial charge in [0.2, 0.25) is 0 Å². The first-order chi connectivity index (χ1) is 13.9. The fourth-order valence-corrected chi connectivity index (χ4v) is 3.68. The van der Waals surface area contributed by atoms with Crippen molar-refractivity contribution in [2.45, 2.75) is 6.92 Å². The summed E-state index contributed by atoms with van der Waals surface area (Å²) < 4.78 is 2.00. The quantitative estimate of drug-likeness (QED) is 0.390. The molecule has 0 atom stereocenters.